The number of ether oxygens (including phenoxy) is 2. The van der Waals surface area contributed by atoms with Crippen LogP contribution in [0.15, 0.2) is 25.3 Å². The van der Waals surface area contributed by atoms with E-state index in [0.29, 0.717) is 18.9 Å². The van der Waals surface area contributed by atoms with Gasteiger partial charge >= 0.3 is 20.7 Å². The van der Waals surface area contributed by atoms with Gasteiger partial charge in [0.25, 0.3) is 0 Å². The number of hydrogen-bond acceptors (Lipinski definition) is 7. The molecule has 0 radical (unpaired) electrons. The Morgan fingerprint density at radius 1 is 1.00 bits per heavy atom. The maximum atomic E-state index is 11.5. The van der Waals surface area contributed by atoms with Crippen LogP contribution in [0.3, 0.4) is 0 Å². The normalized spacial score (nSPS) is 13.7. The summed E-state index contributed by atoms with van der Waals surface area (Å²) in [6.45, 7) is 8.42. The van der Waals surface area contributed by atoms with Crippen LogP contribution in [0, 0.1) is 0 Å². The fourth-order valence-electron chi connectivity index (χ4n) is 2.00. The van der Waals surface area contributed by atoms with E-state index in [1.54, 1.807) is 6.92 Å². The van der Waals surface area contributed by atoms with Crippen LogP contribution in [-0.2, 0) is 32.3 Å². The monoisotopic (exact) mass is 346 g/mol. The minimum Gasteiger partial charge on any atom is -0.459 e. The Labute approximate surface area is 138 Å². The zero-order valence-electron chi connectivity index (χ0n) is 14.2. The van der Waals surface area contributed by atoms with Crippen molar-refractivity contribution in [1.82, 2.24) is 0 Å². The van der Waals surface area contributed by atoms with Gasteiger partial charge in [-0.25, -0.2) is 9.59 Å². The van der Waals surface area contributed by atoms with Crippen molar-refractivity contribution >= 4 is 20.7 Å². The van der Waals surface area contributed by atoms with Gasteiger partial charge in [-0.3, -0.25) is 0 Å². The van der Waals surface area contributed by atoms with Crippen molar-refractivity contribution < 1.29 is 32.3 Å². The van der Waals surface area contributed by atoms with Crippen molar-refractivity contribution in [3.05, 3.63) is 25.3 Å². The molecule has 0 saturated heterocycles. The van der Waals surface area contributed by atoms with E-state index in [0.717, 1.165) is 12.2 Å². The molecule has 0 heterocycles. The Balaban J connectivity index is 4.79. The van der Waals surface area contributed by atoms with Crippen molar-refractivity contribution in [2.24, 2.45) is 0 Å². The van der Waals surface area contributed by atoms with Crippen LogP contribution in [0.5, 0.6) is 0 Å². The van der Waals surface area contributed by atoms with E-state index in [-0.39, 0.29) is 0 Å². The lowest BCUT2D eigenvalue weighted by Gasteiger charge is -2.27. The summed E-state index contributed by atoms with van der Waals surface area (Å²) < 4.78 is 26.4. The largest absolute Gasteiger partial charge is 0.500 e. The molecule has 0 aromatic rings. The maximum Gasteiger partial charge on any atom is 0.500 e. The van der Waals surface area contributed by atoms with Crippen molar-refractivity contribution in [2.45, 2.75) is 38.0 Å². The highest BCUT2D eigenvalue weighted by molar-refractivity contribution is 6.60. The first-order valence-corrected chi connectivity index (χ1v) is 9.11. The molecule has 0 saturated carbocycles. The van der Waals surface area contributed by atoms with Gasteiger partial charge in [0.2, 0.25) is 0 Å². The van der Waals surface area contributed by atoms with E-state index in [9.17, 15) is 9.59 Å². The number of rotatable bonds is 12. The first kappa shape index (κ1) is 21.5. The Morgan fingerprint density at radius 2 is 1.48 bits per heavy atom. The summed E-state index contributed by atoms with van der Waals surface area (Å²) in [5.74, 6) is -1.07. The first-order chi connectivity index (χ1) is 10.9. The topological polar surface area (TPSA) is 80.3 Å². The average Bonchev–Trinajstić information content (AvgIpc) is 2.55. The fraction of sp³-hybridized carbons (Fsp3) is 0.600. The van der Waals surface area contributed by atoms with Gasteiger partial charge in [-0.05, 0) is 13.3 Å². The highest BCUT2D eigenvalue weighted by Crippen LogP contribution is 2.21. The van der Waals surface area contributed by atoms with Gasteiger partial charge in [-0.2, -0.15) is 0 Å². The van der Waals surface area contributed by atoms with Crippen LogP contribution in [0.4, 0.5) is 0 Å². The third kappa shape index (κ3) is 8.07. The van der Waals surface area contributed by atoms with Crippen molar-refractivity contribution in [1.29, 1.82) is 0 Å². The molecule has 0 aliphatic rings. The summed E-state index contributed by atoms with van der Waals surface area (Å²) in [4.78, 5) is 22.7. The van der Waals surface area contributed by atoms with E-state index >= 15 is 0 Å². The molecule has 2 atom stereocenters. The standard InChI is InChI=1S/C15H26O7Si/c1-7-14(16)21-12(3)11-13(22-15(17)8-2)9-10-23(18-4,19-5)20-6/h7-8,12-13H,1-2,9-11H2,3-6H3. The maximum absolute atomic E-state index is 11.5. The molecule has 0 bridgehead atoms. The van der Waals surface area contributed by atoms with E-state index in [4.69, 9.17) is 22.8 Å². The lowest BCUT2D eigenvalue weighted by Crippen LogP contribution is -2.43. The summed E-state index contributed by atoms with van der Waals surface area (Å²) in [6.07, 6.45) is 2.02. The number of esters is 2. The van der Waals surface area contributed by atoms with Crippen molar-refractivity contribution in [3.8, 4) is 0 Å². The summed E-state index contributed by atoms with van der Waals surface area (Å²) in [7, 11) is 1.76. The Morgan fingerprint density at radius 3 is 1.91 bits per heavy atom. The minimum atomic E-state index is -2.77. The zero-order chi connectivity index (χ0) is 17.9. The third-order valence-corrected chi connectivity index (χ3v) is 6.00. The molecule has 0 aliphatic heterocycles. The predicted molar refractivity (Wildman–Crippen MR) is 86.7 cm³/mol. The molecule has 23 heavy (non-hydrogen) atoms. The highest BCUT2D eigenvalue weighted by Gasteiger charge is 2.38. The molecule has 8 heteroatoms. The number of hydrogen-bond donors (Lipinski definition) is 0. The predicted octanol–water partition coefficient (Wildman–Crippen LogP) is 1.86. The van der Waals surface area contributed by atoms with Crippen LogP contribution in [0.25, 0.3) is 0 Å². The minimum absolute atomic E-state index is 0.334. The molecule has 0 rings (SSSR count). The number of carbonyl (C=O) groups excluding carboxylic acids is 2. The molecule has 132 valence electrons. The fourth-order valence-corrected chi connectivity index (χ4v) is 3.78. The van der Waals surface area contributed by atoms with Crippen molar-refractivity contribution in [3.63, 3.8) is 0 Å². The number of carbonyl (C=O) groups is 2. The smallest absolute Gasteiger partial charge is 0.459 e. The molecule has 0 spiro atoms. The van der Waals surface area contributed by atoms with E-state index in [1.165, 1.54) is 21.3 Å². The Bertz CT molecular complexity index is 398. The van der Waals surface area contributed by atoms with Crippen LogP contribution < -0.4 is 0 Å². The molecule has 2 unspecified atom stereocenters. The van der Waals surface area contributed by atoms with Gasteiger partial charge in [-0.15, -0.1) is 0 Å². The van der Waals surface area contributed by atoms with Crippen LogP contribution in [0.2, 0.25) is 6.04 Å². The van der Waals surface area contributed by atoms with Gasteiger partial charge < -0.3 is 22.8 Å². The third-order valence-electron chi connectivity index (χ3n) is 3.23. The van der Waals surface area contributed by atoms with Gasteiger partial charge in [0.1, 0.15) is 12.2 Å². The lowest BCUT2D eigenvalue weighted by atomic mass is 10.1. The quantitative estimate of drug-likeness (QED) is 0.303. The molecular formula is C15H26O7Si. The molecule has 0 aliphatic carbocycles. The first-order valence-electron chi connectivity index (χ1n) is 7.17. The zero-order valence-corrected chi connectivity index (χ0v) is 15.2. The summed E-state index contributed by atoms with van der Waals surface area (Å²) >= 11 is 0. The van der Waals surface area contributed by atoms with Crippen LogP contribution in [-0.4, -0.2) is 54.3 Å². The molecule has 7 nitrogen and oxygen atoms in total. The van der Waals surface area contributed by atoms with Gasteiger partial charge in [0.15, 0.2) is 0 Å². The Kier molecular flexibility index (Phi) is 10.4. The summed E-state index contributed by atoms with van der Waals surface area (Å²) in [6, 6.07) is 0.452. The Hall–Kier alpha value is -1.48. The van der Waals surface area contributed by atoms with E-state index < -0.39 is 33.0 Å². The van der Waals surface area contributed by atoms with Crippen LogP contribution in [0.1, 0.15) is 19.8 Å². The average molecular weight is 346 g/mol. The molecule has 0 amide bonds. The van der Waals surface area contributed by atoms with Gasteiger partial charge in [0, 0.05) is 45.9 Å². The van der Waals surface area contributed by atoms with E-state index in [1.807, 2.05) is 0 Å². The molecular weight excluding hydrogens is 320 g/mol. The summed E-state index contributed by atoms with van der Waals surface area (Å²) in [5.41, 5.74) is 0. The lowest BCUT2D eigenvalue weighted by molar-refractivity contribution is -0.148. The molecule has 0 N–H and O–H groups in total. The van der Waals surface area contributed by atoms with Gasteiger partial charge in [-0.1, -0.05) is 13.2 Å². The molecule has 0 fully saturated rings. The molecule has 0 aromatic carbocycles. The second-order valence-corrected chi connectivity index (χ2v) is 7.88. The van der Waals surface area contributed by atoms with Crippen LogP contribution >= 0.6 is 0 Å². The SMILES string of the molecule is C=CC(=O)OC(C)CC(CC[Si](OC)(OC)OC)OC(=O)C=C. The van der Waals surface area contributed by atoms with E-state index in [2.05, 4.69) is 13.2 Å². The second kappa shape index (κ2) is 11.1. The molecule has 0 aromatic heterocycles. The van der Waals surface area contributed by atoms with Gasteiger partial charge in [0.05, 0.1) is 0 Å². The van der Waals surface area contributed by atoms with Crippen molar-refractivity contribution in [2.75, 3.05) is 21.3 Å². The highest BCUT2D eigenvalue weighted by atomic mass is 28.4. The second-order valence-electron chi connectivity index (χ2n) is 4.78. The summed E-state index contributed by atoms with van der Waals surface area (Å²) in [5, 5.41) is 0.